The summed E-state index contributed by atoms with van der Waals surface area (Å²) in [5, 5.41) is 29.9. The number of fused-ring (bicyclic) bond motifs is 2. The van der Waals surface area contributed by atoms with Crippen LogP contribution in [0.5, 0.6) is 0 Å². The van der Waals surface area contributed by atoms with Crippen molar-refractivity contribution >= 4 is 71.9 Å². The molecule has 188 valence electrons. The van der Waals surface area contributed by atoms with Gasteiger partial charge < -0.3 is 0 Å². The number of rotatable bonds is 7. The third kappa shape index (κ3) is 6.61. The van der Waals surface area contributed by atoms with Crippen molar-refractivity contribution in [3.8, 4) is 0 Å². The summed E-state index contributed by atoms with van der Waals surface area (Å²) in [4.78, 5) is 31.6. The number of ether oxygens (including phenoxy) is 1. The summed E-state index contributed by atoms with van der Waals surface area (Å²) >= 11 is -0.480. The first-order valence-corrected chi connectivity index (χ1v) is 14.0. The van der Waals surface area contributed by atoms with Crippen molar-refractivity contribution in [3.05, 3.63) is 45.5 Å². The number of carbonyl (C=O) groups excluding carboxylic acids is 1. The molecule has 0 radical (unpaired) electrons. The van der Waals surface area contributed by atoms with Gasteiger partial charge in [0.1, 0.15) is 0 Å². The normalized spacial score (nSPS) is 11.1. The Bertz CT molecular complexity index is 1430. The fourth-order valence-electron chi connectivity index (χ4n) is 2.79. The molecule has 0 fully saturated rings. The number of nitrogens with zero attached hydrogens (tertiary/aromatic N) is 8. The molecule has 0 spiro atoms. The van der Waals surface area contributed by atoms with E-state index >= 15 is 0 Å². The van der Waals surface area contributed by atoms with Gasteiger partial charge in [0.05, 0.1) is 0 Å². The number of hydrogen-bond acceptors (Lipinski definition) is 9. The average molecular weight is 622 g/mol. The van der Waals surface area contributed by atoms with Crippen LogP contribution in [0.25, 0.3) is 19.6 Å². The maximum atomic E-state index is 12.0. The molecule has 14 heteroatoms. The first-order chi connectivity index (χ1) is 17.2. The van der Waals surface area contributed by atoms with Crippen molar-refractivity contribution in [2.45, 2.75) is 6.92 Å². The van der Waals surface area contributed by atoms with Crippen LogP contribution in [-0.4, -0.2) is 101 Å². The minimum atomic E-state index is -0.948. The Labute approximate surface area is 218 Å². The quantitative estimate of drug-likeness (QED) is 0.143. The SMILES string of the molecule is CCOC(=O)c1[se]c2ncccc2c1N=NN(C)C.CN(C)N=Nc1c(C(=O)O)[se]c2ncccc12. The van der Waals surface area contributed by atoms with E-state index in [4.69, 9.17) is 9.84 Å². The number of carboxylic acid groups (broad SMARTS) is 1. The van der Waals surface area contributed by atoms with E-state index in [1.165, 1.54) is 5.01 Å². The Morgan fingerprint density at radius 1 is 0.889 bits per heavy atom. The number of hydrogen-bond donors (Lipinski definition) is 1. The van der Waals surface area contributed by atoms with Gasteiger partial charge in [-0.1, -0.05) is 0 Å². The van der Waals surface area contributed by atoms with Crippen molar-refractivity contribution in [2.24, 2.45) is 20.7 Å². The van der Waals surface area contributed by atoms with E-state index < -0.39 is 5.97 Å². The molecule has 0 aromatic carbocycles. The molecule has 0 saturated heterocycles. The molecule has 36 heavy (non-hydrogen) atoms. The molecule has 0 atom stereocenters. The van der Waals surface area contributed by atoms with Gasteiger partial charge >= 0.3 is 219 Å². The summed E-state index contributed by atoms with van der Waals surface area (Å²) in [6, 6.07) is 7.32. The van der Waals surface area contributed by atoms with E-state index in [2.05, 4.69) is 30.6 Å². The van der Waals surface area contributed by atoms with Gasteiger partial charge in [0.2, 0.25) is 0 Å². The van der Waals surface area contributed by atoms with Gasteiger partial charge in [-0.25, -0.2) is 0 Å². The molecule has 0 aliphatic rings. The number of carboxylic acids is 1. The van der Waals surface area contributed by atoms with Crippen LogP contribution in [-0.2, 0) is 4.74 Å². The Hall–Kier alpha value is -3.44. The molecular weight excluding hydrogens is 598 g/mol. The van der Waals surface area contributed by atoms with Gasteiger partial charge in [-0.2, -0.15) is 0 Å². The number of aromatic carboxylic acids is 1. The van der Waals surface area contributed by atoms with Crippen LogP contribution < -0.4 is 0 Å². The number of esters is 1. The minimum absolute atomic E-state index is 0.177. The summed E-state index contributed by atoms with van der Waals surface area (Å²) in [5.41, 5.74) is 1.00. The zero-order valence-corrected chi connectivity index (χ0v) is 23.7. The molecule has 0 saturated carbocycles. The second kappa shape index (κ2) is 12.5. The third-order valence-electron chi connectivity index (χ3n) is 4.18. The summed E-state index contributed by atoms with van der Waals surface area (Å²) in [6.07, 6.45) is 3.38. The number of carbonyl (C=O) groups is 2. The van der Waals surface area contributed by atoms with Crippen LogP contribution in [0.15, 0.2) is 57.3 Å². The van der Waals surface area contributed by atoms with Crippen LogP contribution in [0.3, 0.4) is 0 Å². The monoisotopic (exact) mass is 624 g/mol. The van der Waals surface area contributed by atoms with Crippen molar-refractivity contribution in [2.75, 3.05) is 34.8 Å². The fraction of sp³-hybridized carbons (Fsp3) is 0.273. The van der Waals surface area contributed by atoms with Crippen LogP contribution in [0.4, 0.5) is 11.4 Å². The fourth-order valence-corrected chi connectivity index (χ4v) is 6.75. The third-order valence-corrected chi connectivity index (χ3v) is 8.74. The second-order valence-corrected chi connectivity index (χ2v) is 11.6. The second-order valence-electron chi connectivity index (χ2n) is 7.37. The summed E-state index contributed by atoms with van der Waals surface area (Å²) < 4.78 is 7.64. The summed E-state index contributed by atoms with van der Waals surface area (Å²) in [7, 11) is 7.01. The predicted molar refractivity (Wildman–Crippen MR) is 137 cm³/mol. The van der Waals surface area contributed by atoms with E-state index in [9.17, 15) is 9.59 Å². The van der Waals surface area contributed by atoms with Crippen LogP contribution in [0.1, 0.15) is 25.4 Å². The predicted octanol–water partition coefficient (Wildman–Crippen LogP) is 3.58. The maximum absolute atomic E-state index is 12.0. The molecule has 4 rings (SSSR count). The van der Waals surface area contributed by atoms with E-state index in [-0.39, 0.29) is 35.0 Å². The van der Waals surface area contributed by atoms with Crippen LogP contribution >= 0.6 is 0 Å². The number of pyridine rings is 2. The summed E-state index contributed by atoms with van der Waals surface area (Å²) in [5.74, 6) is -1.27. The molecule has 0 aliphatic heterocycles. The van der Waals surface area contributed by atoms with Crippen molar-refractivity contribution < 1.29 is 19.4 Å². The van der Waals surface area contributed by atoms with E-state index in [0.717, 1.165) is 19.6 Å². The molecule has 4 aromatic rings. The molecule has 0 aliphatic carbocycles. The standard InChI is InChI=1S/C12H14N4O2Se.C10H10N4O2Se/c1-4-18-12(17)10-9(14-15-16(2)3)8-6-5-7-13-11(8)19-10;1-14(2)13-12-7-6-4-3-5-11-9(6)17-8(7)10(15)16/h5-7H,4H2,1-3H3;3-5H,1-2H3,(H,15,16). The van der Waals surface area contributed by atoms with Gasteiger partial charge in [-0.3, -0.25) is 0 Å². The average Bonchev–Trinajstić information content (AvgIpc) is 3.40. The van der Waals surface area contributed by atoms with Crippen molar-refractivity contribution in [1.29, 1.82) is 0 Å². The van der Waals surface area contributed by atoms with Crippen LogP contribution in [0, 0.1) is 0 Å². The van der Waals surface area contributed by atoms with Crippen LogP contribution in [0.2, 0.25) is 0 Å². The Morgan fingerprint density at radius 2 is 1.36 bits per heavy atom. The van der Waals surface area contributed by atoms with Gasteiger partial charge in [0.25, 0.3) is 0 Å². The van der Waals surface area contributed by atoms with Crippen molar-refractivity contribution in [3.63, 3.8) is 0 Å². The topological polar surface area (TPSA) is 145 Å². The zero-order chi connectivity index (χ0) is 26.2. The van der Waals surface area contributed by atoms with E-state index in [1.54, 1.807) is 58.6 Å². The Morgan fingerprint density at radius 3 is 1.81 bits per heavy atom. The van der Waals surface area contributed by atoms with Gasteiger partial charge in [-0.15, -0.1) is 0 Å². The first-order valence-electron chi connectivity index (χ1n) is 10.6. The van der Waals surface area contributed by atoms with E-state index in [1.807, 2.05) is 18.2 Å². The molecule has 0 unspecified atom stereocenters. The van der Waals surface area contributed by atoms with Gasteiger partial charge in [-0.05, 0) is 0 Å². The van der Waals surface area contributed by atoms with E-state index in [0.29, 0.717) is 26.9 Å². The molecule has 0 bridgehead atoms. The molecule has 12 nitrogen and oxygen atoms in total. The summed E-state index contributed by atoms with van der Waals surface area (Å²) in [6.45, 7) is 2.13. The van der Waals surface area contributed by atoms with Gasteiger partial charge in [0.15, 0.2) is 0 Å². The molecular formula is C22H24N8O4Se2. The van der Waals surface area contributed by atoms with Gasteiger partial charge in [0, 0.05) is 0 Å². The Kier molecular flexibility index (Phi) is 9.43. The molecule has 1 N–H and O–H groups in total. The molecule has 4 aromatic heterocycles. The van der Waals surface area contributed by atoms with Crippen molar-refractivity contribution in [1.82, 2.24) is 20.0 Å². The molecule has 4 heterocycles. The Balaban J connectivity index is 0.000000202. The number of aromatic nitrogens is 2. The first kappa shape index (κ1) is 27.2. The molecule has 0 amide bonds. The zero-order valence-electron chi connectivity index (χ0n) is 20.2.